The number of benzene rings is 3. The first kappa shape index (κ1) is 26.6. The summed E-state index contributed by atoms with van der Waals surface area (Å²) in [5.74, 6) is -0.425. The van der Waals surface area contributed by atoms with Crippen molar-refractivity contribution in [3.05, 3.63) is 83.4 Å². The van der Waals surface area contributed by atoms with Gasteiger partial charge in [-0.3, -0.25) is 4.79 Å². The highest BCUT2D eigenvalue weighted by Gasteiger charge is 2.23. The standard InChI is InChI=1S/C29H30N4O5S/c30-39(37,38)24-13-6-19(7-14-24)16-17-31-28(34)21-10-8-20(9-11-21)27-32-25-18-22(29(35)36)12-15-26(25)33(27)23-4-2-1-3-5-23/h6-15,18,23H,1-5,16-17H2,(H,31,34)(H,35,36)(H2,30,37,38). The van der Waals surface area contributed by atoms with E-state index in [1.54, 1.807) is 36.4 Å². The van der Waals surface area contributed by atoms with E-state index in [0.717, 1.165) is 48.2 Å². The Balaban J connectivity index is 1.32. The number of primary sulfonamides is 1. The SMILES string of the molecule is NS(=O)(=O)c1ccc(CCNC(=O)c2ccc(-c3nc4cc(C(=O)O)ccc4n3C3CCCCC3)cc2)cc1. The van der Waals surface area contributed by atoms with Gasteiger partial charge in [-0.25, -0.2) is 23.3 Å². The zero-order valence-corrected chi connectivity index (χ0v) is 22.2. The molecule has 1 saturated carbocycles. The molecule has 1 amide bonds. The molecule has 1 aliphatic carbocycles. The minimum atomic E-state index is -3.74. The van der Waals surface area contributed by atoms with Gasteiger partial charge in [-0.1, -0.05) is 43.5 Å². The Morgan fingerprint density at radius 3 is 2.26 bits per heavy atom. The molecule has 5 rings (SSSR count). The minimum absolute atomic E-state index is 0.0507. The second-order valence-electron chi connectivity index (χ2n) is 9.88. The van der Waals surface area contributed by atoms with E-state index in [9.17, 15) is 23.1 Å². The maximum Gasteiger partial charge on any atom is 0.335 e. The van der Waals surface area contributed by atoms with Crippen molar-refractivity contribution >= 4 is 32.9 Å². The lowest BCUT2D eigenvalue weighted by atomic mass is 9.94. The maximum atomic E-state index is 12.7. The molecule has 1 aliphatic rings. The topological polar surface area (TPSA) is 144 Å². The zero-order valence-electron chi connectivity index (χ0n) is 21.3. The molecular formula is C29H30N4O5S. The summed E-state index contributed by atoms with van der Waals surface area (Å²) in [5.41, 5.74) is 4.02. The smallest absolute Gasteiger partial charge is 0.335 e. The number of sulfonamides is 1. The average molecular weight is 547 g/mol. The Hall–Kier alpha value is -4.02. The molecule has 0 unspecified atom stereocenters. The van der Waals surface area contributed by atoms with Crippen LogP contribution in [0.2, 0.25) is 0 Å². The highest BCUT2D eigenvalue weighted by molar-refractivity contribution is 7.89. The predicted molar refractivity (Wildman–Crippen MR) is 148 cm³/mol. The molecule has 0 radical (unpaired) electrons. The first-order chi connectivity index (χ1) is 18.7. The number of carbonyl (C=O) groups is 2. The first-order valence-corrected chi connectivity index (χ1v) is 14.5. The Morgan fingerprint density at radius 1 is 0.949 bits per heavy atom. The van der Waals surface area contributed by atoms with Gasteiger partial charge in [-0.15, -0.1) is 0 Å². The van der Waals surface area contributed by atoms with E-state index in [-0.39, 0.29) is 22.4 Å². The number of aromatic nitrogens is 2. The van der Waals surface area contributed by atoms with Crippen LogP contribution in [0.15, 0.2) is 71.6 Å². The third kappa shape index (κ3) is 5.86. The largest absolute Gasteiger partial charge is 0.478 e. The number of rotatable bonds is 8. The molecule has 1 aromatic heterocycles. The number of aromatic carboxylic acids is 1. The van der Waals surface area contributed by atoms with Crippen LogP contribution in [0.4, 0.5) is 0 Å². The summed E-state index contributed by atoms with van der Waals surface area (Å²) in [6.07, 6.45) is 6.14. The van der Waals surface area contributed by atoms with Crippen LogP contribution < -0.4 is 10.5 Å². The van der Waals surface area contributed by atoms with E-state index in [1.807, 2.05) is 18.2 Å². The first-order valence-electron chi connectivity index (χ1n) is 13.0. The van der Waals surface area contributed by atoms with E-state index < -0.39 is 16.0 Å². The fraction of sp³-hybridized carbons (Fsp3) is 0.276. The molecule has 0 spiro atoms. The lowest BCUT2D eigenvalue weighted by molar-refractivity contribution is 0.0696. The van der Waals surface area contributed by atoms with Gasteiger partial charge < -0.3 is 15.0 Å². The fourth-order valence-electron chi connectivity index (χ4n) is 5.18. The summed E-state index contributed by atoms with van der Waals surface area (Å²) in [5, 5.41) is 17.5. The Labute approximate surface area is 226 Å². The van der Waals surface area contributed by atoms with E-state index in [4.69, 9.17) is 10.1 Å². The molecule has 0 bridgehead atoms. The highest BCUT2D eigenvalue weighted by Crippen LogP contribution is 2.36. The number of hydrogen-bond donors (Lipinski definition) is 3. The number of imidazole rings is 1. The van der Waals surface area contributed by atoms with Crippen LogP contribution in [0.5, 0.6) is 0 Å². The molecule has 4 aromatic rings. The lowest BCUT2D eigenvalue weighted by Gasteiger charge is -2.25. The third-order valence-corrected chi connectivity index (χ3v) is 8.16. The summed E-state index contributed by atoms with van der Waals surface area (Å²) in [6, 6.07) is 18.9. The van der Waals surface area contributed by atoms with Crippen molar-refractivity contribution in [3.63, 3.8) is 0 Å². The fourth-order valence-corrected chi connectivity index (χ4v) is 5.70. The summed E-state index contributed by atoms with van der Waals surface area (Å²) >= 11 is 0. The number of nitrogens with two attached hydrogens (primary N) is 1. The van der Waals surface area contributed by atoms with Crippen molar-refractivity contribution in [3.8, 4) is 11.4 Å². The highest BCUT2D eigenvalue weighted by atomic mass is 32.2. The van der Waals surface area contributed by atoms with Crippen LogP contribution in [0.1, 0.15) is 64.4 Å². The zero-order chi connectivity index (χ0) is 27.6. The molecule has 1 fully saturated rings. The van der Waals surface area contributed by atoms with Gasteiger partial charge in [0.2, 0.25) is 10.0 Å². The second-order valence-corrected chi connectivity index (χ2v) is 11.4. The van der Waals surface area contributed by atoms with Crippen molar-refractivity contribution in [2.75, 3.05) is 6.54 Å². The quantitative estimate of drug-likeness (QED) is 0.296. The molecule has 4 N–H and O–H groups in total. The van der Waals surface area contributed by atoms with Gasteiger partial charge in [0, 0.05) is 23.7 Å². The van der Waals surface area contributed by atoms with Crippen LogP contribution in [0.25, 0.3) is 22.4 Å². The van der Waals surface area contributed by atoms with Gasteiger partial charge in [-0.2, -0.15) is 0 Å². The molecule has 1 heterocycles. The second kappa shape index (κ2) is 11.0. The third-order valence-electron chi connectivity index (χ3n) is 7.23. The number of nitrogens with one attached hydrogen (secondary N) is 1. The average Bonchev–Trinajstić information content (AvgIpc) is 3.32. The van der Waals surface area contributed by atoms with E-state index in [1.165, 1.54) is 18.6 Å². The van der Waals surface area contributed by atoms with Crippen LogP contribution in [0, 0.1) is 0 Å². The number of nitrogens with zero attached hydrogens (tertiary/aromatic N) is 2. The number of carboxylic acid groups (broad SMARTS) is 1. The molecule has 0 atom stereocenters. The minimum Gasteiger partial charge on any atom is -0.478 e. The molecule has 39 heavy (non-hydrogen) atoms. The van der Waals surface area contributed by atoms with Gasteiger partial charge in [0.25, 0.3) is 5.91 Å². The number of carboxylic acids is 1. The number of amides is 1. The van der Waals surface area contributed by atoms with Crippen molar-refractivity contribution in [2.45, 2.75) is 49.5 Å². The van der Waals surface area contributed by atoms with Crippen molar-refractivity contribution in [1.82, 2.24) is 14.9 Å². The molecular weight excluding hydrogens is 516 g/mol. The Morgan fingerprint density at radius 2 is 1.62 bits per heavy atom. The normalized spacial score (nSPS) is 14.4. The van der Waals surface area contributed by atoms with Gasteiger partial charge >= 0.3 is 5.97 Å². The molecule has 202 valence electrons. The summed E-state index contributed by atoms with van der Waals surface area (Å²) in [6.45, 7) is 0.388. The summed E-state index contributed by atoms with van der Waals surface area (Å²) in [7, 11) is -3.74. The van der Waals surface area contributed by atoms with Crippen molar-refractivity contribution < 1.29 is 23.1 Å². The van der Waals surface area contributed by atoms with Crippen LogP contribution >= 0.6 is 0 Å². The monoisotopic (exact) mass is 546 g/mol. The molecule has 10 heteroatoms. The van der Waals surface area contributed by atoms with Crippen molar-refractivity contribution in [1.29, 1.82) is 0 Å². The molecule has 3 aromatic carbocycles. The molecule has 0 aliphatic heterocycles. The predicted octanol–water partition coefficient (Wildman–Crippen LogP) is 4.53. The Kier molecular flexibility index (Phi) is 7.49. The maximum absolute atomic E-state index is 12.7. The Bertz CT molecular complexity index is 1620. The molecule has 9 nitrogen and oxygen atoms in total. The van der Waals surface area contributed by atoms with Gasteiger partial charge in [-0.05, 0) is 67.3 Å². The number of hydrogen-bond acceptors (Lipinski definition) is 5. The van der Waals surface area contributed by atoms with Gasteiger partial charge in [0.1, 0.15) is 5.82 Å². The molecule has 0 saturated heterocycles. The summed E-state index contributed by atoms with van der Waals surface area (Å²) in [4.78, 5) is 29.1. The van der Waals surface area contributed by atoms with Crippen molar-refractivity contribution in [2.24, 2.45) is 5.14 Å². The van der Waals surface area contributed by atoms with Gasteiger partial charge in [0.15, 0.2) is 0 Å². The van der Waals surface area contributed by atoms with Crippen LogP contribution in [0.3, 0.4) is 0 Å². The van der Waals surface area contributed by atoms with E-state index in [2.05, 4.69) is 9.88 Å². The van der Waals surface area contributed by atoms with Crippen LogP contribution in [-0.4, -0.2) is 41.5 Å². The number of carbonyl (C=O) groups excluding carboxylic acids is 1. The van der Waals surface area contributed by atoms with Gasteiger partial charge in [0.05, 0.1) is 21.5 Å². The summed E-state index contributed by atoms with van der Waals surface area (Å²) < 4.78 is 25.0. The lowest BCUT2D eigenvalue weighted by Crippen LogP contribution is -2.25. The van der Waals surface area contributed by atoms with E-state index in [0.29, 0.717) is 24.0 Å². The van der Waals surface area contributed by atoms with E-state index >= 15 is 0 Å². The number of fused-ring (bicyclic) bond motifs is 1. The van der Waals surface area contributed by atoms with Crippen LogP contribution in [-0.2, 0) is 16.4 Å².